The number of thiophene rings is 1. The van der Waals surface area contributed by atoms with E-state index in [1.807, 2.05) is 31.3 Å². The summed E-state index contributed by atoms with van der Waals surface area (Å²) in [5.41, 5.74) is 1.75. The Kier molecular flexibility index (Phi) is 4.26. The SMILES string of the molecule is CNC(Cc1nc2ccccc2o1)c1cc(Br)c(Br)s1. The average Bonchev–Trinajstić information content (AvgIpc) is 2.99. The minimum absolute atomic E-state index is 0.190. The third-order valence-electron chi connectivity index (χ3n) is 3.07. The Morgan fingerprint density at radius 1 is 1.35 bits per heavy atom. The van der Waals surface area contributed by atoms with E-state index >= 15 is 0 Å². The zero-order chi connectivity index (χ0) is 14.1. The minimum atomic E-state index is 0.190. The van der Waals surface area contributed by atoms with Crippen LogP contribution in [0.1, 0.15) is 16.8 Å². The largest absolute Gasteiger partial charge is 0.441 e. The monoisotopic (exact) mass is 414 g/mol. The van der Waals surface area contributed by atoms with Crippen LogP contribution in [0.3, 0.4) is 0 Å². The molecule has 20 heavy (non-hydrogen) atoms. The van der Waals surface area contributed by atoms with Gasteiger partial charge in [-0.25, -0.2) is 4.98 Å². The summed E-state index contributed by atoms with van der Waals surface area (Å²) in [7, 11) is 1.95. The van der Waals surface area contributed by atoms with Gasteiger partial charge >= 0.3 is 0 Å². The molecule has 0 fully saturated rings. The van der Waals surface area contributed by atoms with Gasteiger partial charge in [0.25, 0.3) is 0 Å². The third kappa shape index (κ3) is 2.83. The van der Waals surface area contributed by atoms with E-state index in [1.165, 1.54) is 4.88 Å². The molecule has 1 N–H and O–H groups in total. The molecule has 2 aromatic heterocycles. The first kappa shape index (κ1) is 14.3. The Hall–Kier alpha value is -0.690. The highest BCUT2D eigenvalue weighted by molar-refractivity contribution is 9.13. The van der Waals surface area contributed by atoms with E-state index in [0.29, 0.717) is 0 Å². The average molecular weight is 416 g/mol. The zero-order valence-corrected chi connectivity index (χ0v) is 14.7. The fourth-order valence-electron chi connectivity index (χ4n) is 2.06. The minimum Gasteiger partial charge on any atom is -0.441 e. The number of aromatic nitrogens is 1. The van der Waals surface area contributed by atoms with Crippen molar-refractivity contribution in [3.63, 3.8) is 0 Å². The van der Waals surface area contributed by atoms with Crippen molar-refractivity contribution < 1.29 is 4.42 Å². The molecule has 0 aliphatic rings. The molecule has 2 heterocycles. The van der Waals surface area contributed by atoms with Gasteiger partial charge in [0.1, 0.15) is 5.52 Å². The number of likely N-dealkylation sites (N-methyl/N-ethyl adjacent to an activating group) is 1. The molecule has 0 aliphatic carbocycles. The predicted octanol–water partition coefficient (Wildman–Crippen LogP) is 4.92. The lowest BCUT2D eigenvalue weighted by molar-refractivity contribution is 0.477. The molecule has 0 bridgehead atoms. The van der Waals surface area contributed by atoms with Gasteiger partial charge in [0.05, 0.1) is 9.83 Å². The van der Waals surface area contributed by atoms with Gasteiger partial charge in [-0.05, 0) is 57.1 Å². The van der Waals surface area contributed by atoms with Gasteiger partial charge in [0, 0.05) is 15.8 Å². The third-order valence-corrected chi connectivity index (χ3v) is 6.44. The van der Waals surface area contributed by atoms with Gasteiger partial charge in [-0.3, -0.25) is 0 Å². The fraction of sp³-hybridized carbons (Fsp3) is 0.214. The van der Waals surface area contributed by atoms with Crippen molar-refractivity contribution in [2.75, 3.05) is 7.05 Å². The van der Waals surface area contributed by atoms with E-state index in [4.69, 9.17) is 4.42 Å². The summed E-state index contributed by atoms with van der Waals surface area (Å²) in [5.74, 6) is 0.756. The van der Waals surface area contributed by atoms with E-state index in [1.54, 1.807) is 11.3 Å². The fourth-order valence-corrected chi connectivity index (χ4v) is 4.26. The highest BCUT2D eigenvalue weighted by Crippen LogP contribution is 2.36. The number of hydrogen-bond donors (Lipinski definition) is 1. The Morgan fingerprint density at radius 3 is 2.80 bits per heavy atom. The Morgan fingerprint density at radius 2 is 2.15 bits per heavy atom. The van der Waals surface area contributed by atoms with Gasteiger partial charge in [0.15, 0.2) is 11.5 Å². The normalized spacial score (nSPS) is 12.9. The van der Waals surface area contributed by atoms with Crippen molar-refractivity contribution in [3.8, 4) is 0 Å². The molecule has 1 atom stereocenters. The molecule has 1 unspecified atom stereocenters. The van der Waals surface area contributed by atoms with Gasteiger partial charge < -0.3 is 9.73 Å². The molecule has 0 amide bonds. The summed E-state index contributed by atoms with van der Waals surface area (Å²) >= 11 is 8.77. The molecule has 104 valence electrons. The summed E-state index contributed by atoms with van der Waals surface area (Å²) in [6, 6.07) is 10.2. The second-order valence-electron chi connectivity index (χ2n) is 4.39. The van der Waals surface area contributed by atoms with Gasteiger partial charge in [0.2, 0.25) is 0 Å². The molecular formula is C14H12Br2N2OS. The number of rotatable bonds is 4. The van der Waals surface area contributed by atoms with E-state index < -0.39 is 0 Å². The van der Waals surface area contributed by atoms with Crippen molar-refractivity contribution >= 4 is 54.3 Å². The molecule has 6 heteroatoms. The van der Waals surface area contributed by atoms with Crippen molar-refractivity contribution in [3.05, 3.63) is 49.4 Å². The maximum atomic E-state index is 5.79. The van der Waals surface area contributed by atoms with Crippen LogP contribution in [-0.2, 0) is 6.42 Å². The van der Waals surface area contributed by atoms with Crippen LogP contribution in [0.5, 0.6) is 0 Å². The maximum absolute atomic E-state index is 5.79. The predicted molar refractivity (Wildman–Crippen MR) is 89.2 cm³/mol. The first-order chi connectivity index (χ1) is 9.67. The number of para-hydroxylation sites is 2. The van der Waals surface area contributed by atoms with Crippen molar-refractivity contribution in [1.82, 2.24) is 10.3 Å². The summed E-state index contributed by atoms with van der Waals surface area (Å²) in [6.07, 6.45) is 0.727. The quantitative estimate of drug-likeness (QED) is 0.657. The molecule has 3 aromatic rings. The highest BCUT2D eigenvalue weighted by Gasteiger charge is 2.17. The van der Waals surface area contributed by atoms with E-state index in [-0.39, 0.29) is 6.04 Å². The molecule has 3 rings (SSSR count). The molecule has 3 nitrogen and oxygen atoms in total. The van der Waals surface area contributed by atoms with Crippen LogP contribution in [0.4, 0.5) is 0 Å². The second kappa shape index (κ2) is 5.97. The molecule has 0 aliphatic heterocycles. The van der Waals surface area contributed by atoms with Crippen LogP contribution in [0.15, 0.2) is 43.0 Å². The number of oxazole rings is 1. The van der Waals surface area contributed by atoms with Crippen LogP contribution < -0.4 is 5.32 Å². The van der Waals surface area contributed by atoms with Gasteiger partial charge in [-0.2, -0.15) is 0 Å². The smallest absolute Gasteiger partial charge is 0.197 e. The van der Waals surface area contributed by atoms with Crippen LogP contribution in [0.25, 0.3) is 11.1 Å². The van der Waals surface area contributed by atoms with Crippen LogP contribution in [-0.4, -0.2) is 12.0 Å². The van der Waals surface area contributed by atoms with Crippen LogP contribution in [0.2, 0.25) is 0 Å². The van der Waals surface area contributed by atoms with Crippen molar-refractivity contribution in [2.24, 2.45) is 0 Å². The Bertz CT molecular complexity index is 685. The van der Waals surface area contributed by atoms with Crippen LogP contribution >= 0.6 is 43.2 Å². The molecule has 1 aromatic carbocycles. The number of hydrogen-bond acceptors (Lipinski definition) is 4. The summed E-state index contributed by atoms with van der Waals surface area (Å²) in [6.45, 7) is 0. The summed E-state index contributed by atoms with van der Waals surface area (Å²) in [4.78, 5) is 5.77. The lowest BCUT2D eigenvalue weighted by atomic mass is 10.2. The van der Waals surface area contributed by atoms with E-state index in [0.717, 1.165) is 31.7 Å². The summed E-state index contributed by atoms with van der Waals surface area (Å²) < 4.78 is 7.97. The number of halogens is 2. The molecule has 0 saturated heterocycles. The van der Waals surface area contributed by atoms with E-state index in [9.17, 15) is 0 Å². The number of benzene rings is 1. The molecule has 0 radical (unpaired) electrons. The number of nitrogens with one attached hydrogen (secondary N) is 1. The molecule has 0 spiro atoms. The first-order valence-electron chi connectivity index (χ1n) is 6.14. The molecular weight excluding hydrogens is 404 g/mol. The van der Waals surface area contributed by atoms with E-state index in [2.05, 4.69) is 48.2 Å². The number of nitrogens with zero attached hydrogens (tertiary/aromatic N) is 1. The van der Waals surface area contributed by atoms with Gasteiger partial charge in [-0.1, -0.05) is 12.1 Å². The second-order valence-corrected chi connectivity index (χ2v) is 7.65. The highest BCUT2D eigenvalue weighted by atomic mass is 79.9. The Balaban J connectivity index is 1.87. The zero-order valence-electron chi connectivity index (χ0n) is 10.7. The van der Waals surface area contributed by atoms with Crippen LogP contribution in [0, 0.1) is 0 Å². The number of fused-ring (bicyclic) bond motifs is 1. The first-order valence-corrected chi connectivity index (χ1v) is 8.54. The lowest BCUT2D eigenvalue weighted by Gasteiger charge is -2.11. The standard InChI is InChI=1S/C14H12Br2N2OS/c1-17-10(12-6-8(15)14(16)20-12)7-13-18-9-4-2-3-5-11(9)19-13/h2-6,10,17H,7H2,1H3. The van der Waals surface area contributed by atoms with Crippen molar-refractivity contribution in [2.45, 2.75) is 12.5 Å². The lowest BCUT2D eigenvalue weighted by Crippen LogP contribution is -2.17. The summed E-state index contributed by atoms with van der Waals surface area (Å²) in [5, 5.41) is 3.32. The van der Waals surface area contributed by atoms with Gasteiger partial charge in [-0.15, -0.1) is 11.3 Å². The maximum Gasteiger partial charge on any atom is 0.197 e. The Labute approximate surface area is 137 Å². The van der Waals surface area contributed by atoms with Crippen molar-refractivity contribution in [1.29, 1.82) is 0 Å². The topological polar surface area (TPSA) is 38.1 Å². The molecule has 0 saturated carbocycles.